The zero-order chi connectivity index (χ0) is 31.4. The highest BCUT2D eigenvalue weighted by molar-refractivity contribution is 5.68. The number of ether oxygens (including phenoxy) is 1. The van der Waals surface area contributed by atoms with Crippen molar-refractivity contribution in [1.29, 1.82) is 5.26 Å². The average Bonchev–Trinajstić information content (AvgIpc) is 3.79. The van der Waals surface area contributed by atoms with Crippen LogP contribution in [-0.4, -0.2) is 62.9 Å². The van der Waals surface area contributed by atoms with E-state index in [0.717, 1.165) is 35.7 Å². The molecule has 1 saturated heterocycles. The van der Waals surface area contributed by atoms with E-state index in [1.54, 1.807) is 17.9 Å². The van der Waals surface area contributed by atoms with E-state index in [0.29, 0.717) is 41.7 Å². The molecule has 0 aliphatic carbocycles. The fraction of sp³-hybridized carbons (Fsp3) is 0.242. The Morgan fingerprint density at radius 3 is 2.42 bits per heavy atom. The van der Waals surface area contributed by atoms with Crippen molar-refractivity contribution in [2.75, 3.05) is 37.0 Å². The van der Waals surface area contributed by atoms with Crippen LogP contribution in [0.1, 0.15) is 35.7 Å². The van der Waals surface area contributed by atoms with Crippen LogP contribution in [0, 0.1) is 11.3 Å². The molecule has 4 heterocycles. The van der Waals surface area contributed by atoms with Gasteiger partial charge in [-0.05, 0) is 48.7 Å². The largest absolute Gasteiger partial charge is 0.382 e. The lowest BCUT2D eigenvalue weighted by molar-refractivity contribution is -0.191. The molecule has 0 bridgehead atoms. The standard InChI is InChI=1S/C32H31N9O.CO2/c1-42-22-30(24-10-3-2-4-11-24)37-32-35-27(25-12-7-9-23(17-25)19-33)18-28(36-32)29-21-41(39-38-29)20-26-13-8-14-31(34-26)40-15-5-6-16-40;2-1-3/h2-4,7-14,17-18,21,30H,5-6,15-16,20,22H2,1H3,(H,35,36,37);/t30-;/m0./s1. The molecule has 0 saturated carbocycles. The predicted octanol–water partition coefficient (Wildman–Crippen LogP) is 4.53. The number of methoxy groups -OCH3 is 1. The number of carbonyl (C=O) groups excluding carboxylic acids is 2. The van der Waals surface area contributed by atoms with Crippen LogP contribution in [-0.2, 0) is 20.9 Å². The van der Waals surface area contributed by atoms with E-state index in [-0.39, 0.29) is 12.2 Å². The number of nitriles is 1. The van der Waals surface area contributed by atoms with Crippen LogP contribution >= 0.6 is 0 Å². The molecular formula is C33H31N9O3. The number of nitrogens with one attached hydrogen (secondary N) is 1. The minimum Gasteiger partial charge on any atom is -0.382 e. The second-order valence-corrected chi connectivity index (χ2v) is 10.3. The molecule has 1 N–H and O–H groups in total. The van der Waals surface area contributed by atoms with Gasteiger partial charge in [-0.2, -0.15) is 14.9 Å². The van der Waals surface area contributed by atoms with Crippen LogP contribution in [0.5, 0.6) is 0 Å². The Bertz CT molecular complexity index is 1790. The molecule has 12 heteroatoms. The summed E-state index contributed by atoms with van der Waals surface area (Å²) in [6, 6.07) is 27.4. The lowest BCUT2D eigenvalue weighted by Crippen LogP contribution is -2.19. The SMILES string of the molecule is COC[C@H](Nc1nc(-c2cccc(C#N)c2)cc(-c2cn(Cc3cccc(N4CCCC4)n3)nn2)n1)c1ccccc1.O=C=O. The molecule has 2 aromatic carbocycles. The van der Waals surface area contributed by atoms with Gasteiger partial charge in [0, 0.05) is 25.8 Å². The van der Waals surface area contributed by atoms with Gasteiger partial charge >= 0.3 is 6.15 Å². The molecule has 3 aromatic heterocycles. The number of pyridine rings is 1. The number of hydrogen-bond acceptors (Lipinski definition) is 11. The summed E-state index contributed by atoms with van der Waals surface area (Å²) in [7, 11) is 1.67. The number of hydrogen-bond donors (Lipinski definition) is 1. The second kappa shape index (κ2) is 15.1. The molecule has 1 aliphatic heterocycles. The Kier molecular flexibility index (Phi) is 10.3. The summed E-state index contributed by atoms with van der Waals surface area (Å²) in [6.07, 6.45) is 4.53. The minimum absolute atomic E-state index is 0.172. The lowest BCUT2D eigenvalue weighted by Gasteiger charge is -2.19. The van der Waals surface area contributed by atoms with Gasteiger partial charge in [-0.15, -0.1) is 5.10 Å². The van der Waals surface area contributed by atoms with Crippen LogP contribution in [0.25, 0.3) is 22.6 Å². The zero-order valence-corrected chi connectivity index (χ0v) is 24.7. The fourth-order valence-electron chi connectivity index (χ4n) is 5.10. The van der Waals surface area contributed by atoms with Crippen molar-refractivity contribution in [3.05, 3.63) is 102 Å². The van der Waals surface area contributed by atoms with Crippen molar-refractivity contribution < 1.29 is 14.3 Å². The molecule has 0 radical (unpaired) electrons. The van der Waals surface area contributed by atoms with Crippen molar-refractivity contribution in [1.82, 2.24) is 29.9 Å². The molecule has 1 aliphatic rings. The number of benzene rings is 2. The van der Waals surface area contributed by atoms with Gasteiger partial charge in [0.25, 0.3) is 0 Å². The van der Waals surface area contributed by atoms with Crippen LogP contribution in [0.4, 0.5) is 11.8 Å². The maximum absolute atomic E-state index is 9.46. The molecule has 1 atom stereocenters. The van der Waals surface area contributed by atoms with E-state index < -0.39 is 0 Å². The first-order chi connectivity index (χ1) is 22.1. The summed E-state index contributed by atoms with van der Waals surface area (Å²) in [5.74, 6) is 1.43. The summed E-state index contributed by atoms with van der Waals surface area (Å²) in [4.78, 5) is 33.1. The maximum Gasteiger partial charge on any atom is 0.373 e. The van der Waals surface area contributed by atoms with Crippen molar-refractivity contribution in [3.8, 4) is 28.7 Å². The van der Waals surface area contributed by atoms with Crippen LogP contribution in [0.15, 0.2) is 85.1 Å². The molecule has 0 spiro atoms. The van der Waals surface area contributed by atoms with Crippen molar-refractivity contribution in [3.63, 3.8) is 0 Å². The highest BCUT2D eigenvalue weighted by atomic mass is 16.5. The molecule has 0 unspecified atom stereocenters. The summed E-state index contributed by atoms with van der Waals surface area (Å²) >= 11 is 0. The van der Waals surface area contributed by atoms with Crippen LogP contribution in [0.3, 0.4) is 0 Å². The molecule has 0 amide bonds. The van der Waals surface area contributed by atoms with Crippen molar-refractivity contribution in [2.24, 2.45) is 0 Å². The summed E-state index contributed by atoms with van der Waals surface area (Å²) in [6.45, 7) is 3.01. The van der Waals surface area contributed by atoms with Gasteiger partial charge in [0.1, 0.15) is 11.5 Å². The minimum atomic E-state index is -0.172. The van der Waals surface area contributed by atoms with Gasteiger partial charge in [0.15, 0.2) is 0 Å². The van der Waals surface area contributed by atoms with E-state index in [9.17, 15) is 5.26 Å². The second-order valence-electron chi connectivity index (χ2n) is 10.3. The Morgan fingerprint density at radius 1 is 0.911 bits per heavy atom. The molecular weight excluding hydrogens is 570 g/mol. The lowest BCUT2D eigenvalue weighted by atomic mass is 10.1. The van der Waals surface area contributed by atoms with Gasteiger partial charge < -0.3 is 15.0 Å². The highest BCUT2D eigenvalue weighted by Crippen LogP contribution is 2.27. The predicted molar refractivity (Wildman–Crippen MR) is 166 cm³/mol. The molecule has 1 fully saturated rings. The average molecular weight is 602 g/mol. The van der Waals surface area contributed by atoms with Gasteiger partial charge in [-0.1, -0.05) is 53.7 Å². The number of rotatable bonds is 10. The van der Waals surface area contributed by atoms with Crippen molar-refractivity contribution >= 4 is 17.9 Å². The maximum atomic E-state index is 9.46. The van der Waals surface area contributed by atoms with Crippen LogP contribution < -0.4 is 10.2 Å². The molecule has 226 valence electrons. The Balaban J connectivity index is 0.00000128. The Morgan fingerprint density at radius 2 is 1.67 bits per heavy atom. The van der Waals surface area contributed by atoms with Gasteiger partial charge in [-0.25, -0.2) is 19.6 Å². The van der Waals surface area contributed by atoms with Gasteiger partial charge in [-0.3, -0.25) is 0 Å². The molecule has 12 nitrogen and oxygen atoms in total. The third-order valence-corrected chi connectivity index (χ3v) is 7.20. The first-order valence-electron chi connectivity index (χ1n) is 14.4. The third-order valence-electron chi connectivity index (χ3n) is 7.20. The first kappa shape index (κ1) is 30.7. The van der Waals surface area contributed by atoms with E-state index in [2.05, 4.69) is 32.7 Å². The third kappa shape index (κ3) is 8.00. The molecule has 45 heavy (non-hydrogen) atoms. The summed E-state index contributed by atoms with van der Waals surface area (Å²) in [5, 5.41) is 21.7. The van der Waals surface area contributed by atoms with E-state index in [1.165, 1.54) is 12.8 Å². The summed E-state index contributed by atoms with van der Waals surface area (Å²) in [5.41, 5.74) is 5.21. The van der Waals surface area contributed by atoms with E-state index in [4.69, 9.17) is 29.3 Å². The Hall–Kier alpha value is -5.76. The highest BCUT2D eigenvalue weighted by Gasteiger charge is 2.18. The van der Waals surface area contributed by atoms with Gasteiger partial charge in [0.05, 0.1) is 54.1 Å². The monoisotopic (exact) mass is 601 g/mol. The van der Waals surface area contributed by atoms with Gasteiger partial charge in [0.2, 0.25) is 5.95 Å². The summed E-state index contributed by atoms with van der Waals surface area (Å²) < 4.78 is 7.27. The number of anilines is 2. The molecule has 5 aromatic rings. The first-order valence-corrected chi connectivity index (χ1v) is 14.4. The number of nitrogens with zero attached hydrogens (tertiary/aromatic N) is 8. The zero-order valence-electron chi connectivity index (χ0n) is 24.7. The van der Waals surface area contributed by atoms with Crippen molar-refractivity contribution in [2.45, 2.75) is 25.4 Å². The Labute approximate surface area is 260 Å². The van der Waals surface area contributed by atoms with E-state index in [1.807, 2.05) is 72.9 Å². The topological polar surface area (TPSA) is 152 Å². The smallest absolute Gasteiger partial charge is 0.373 e. The fourth-order valence-corrected chi connectivity index (χ4v) is 5.10. The molecule has 6 rings (SSSR count). The number of aromatic nitrogens is 6. The quantitative estimate of drug-likeness (QED) is 0.240. The normalized spacial score (nSPS) is 12.8. The van der Waals surface area contributed by atoms with Crippen LogP contribution in [0.2, 0.25) is 0 Å². The van der Waals surface area contributed by atoms with E-state index >= 15 is 0 Å².